The number of allylic oxidation sites excluding steroid dienone is 2. The lowest BCUT2D eigenvalue weighted by Gasteiger charge is -2.23. The normalized spacial score (nSPS) is 18.7. The van der Waals surface area contributed by atoms with Crippen LogP contribution in [0.15, 0.2) is 53.2 Å². The summed E-state index contributed by atoms with van der Waals surface area (Å²) in [6, 6.07) is 11.9. The van der Waals surface area contributed by atoms with E-state index in [1.54, 1.807) is 7.11 Å². The summed E-state index contributed by atoms with van der Waals surface area (Å²) in [6.07, 6.45) is 10.4. The molecule has 35 heavy (non-hydrogen) atoms. The first kappa shape index (κ1) is 24.8. The highest BCUT2D eigenvalue weighted by Gasteiger charge is 2.38. The summed E-state index contributed by atoms with van der Waals surface area (Å²) in [7, 11) is 5.23. The average molecular weight is 476 g/mol. The van der Waals surface area contributed by atoms with Crippen LogP contribution in [-0.4, -0.2) is 40.0 Å². The molecule has 0 aromatic heterocycles. The van der Waals surface area contributed by atoms with Gasteiger partial charge in [-0.15, -0.1) is 0 Å². The number of hydrogen-bond acceptors (Lipinski definition) is 6. The molecule has 1 N–H and O–H groups in total. The number of benzene rings is 2. The molecule has 1 saturated carbocycles. The van der Waals surface area contributed by atoms with Gasteiger partial charge >= 0.3 is 0 Å². The van der Waals surface area contributed by atoms with E-state index in [4.69, 9.17) is 24.6 Å². The maximum Gasteiger partial charge on any atom is 0.212 e. The lowest BCUT2D eigenvalue weighted by atomic mass is 9.83. The maximum absolute atomic E-state index is 8.00. The third kappa shape index (κ3) is 5.21. The van der Waals surface area contributed by atoms with Gasteiger partial charge < -0.3 is 19.1 Å². The molecular formula is C29H37N3O3. The van der Waals surface area contributed by atoms with Crippen LogP contribution in [0.25, 0.3) is 0 Å². The van der Waals surface area contributed by atoms with Gasteiger partial charge in [-0.2, -0.15) is 0 Å². The van der Waals surface area contributed by atoms with E-state index < -0.39 is 0 Å². The molecule has 4 rings (SSSR count). The van der Waals surface area contributed by atoms with Crippen LogP contribution in [0.5, 0.6) is 11.5 Å². The van der Waals surface area contributed by atoms with Crippen LogP contribution in [0.2, 0.25) is 0 Å². The smallest absolute Gasteiger partial charge is 0.212 e. The van der Waals surface area contributed by atoms with Gasteiger partial charge in [0.1, 0.15) is 17.2 Å². The van der Waals surface area contributed by atoms with Crippen molar-refractivity contribution in [3.8, 4) is 11.5 Å². The van der Waals surface area contributed by atoms with Gasteiger partial charge in [0.25, 0.3) is 0 Å². The van der Waals surface area contributed by atoms with E-state index in [2.05, 4.69) is 24.8 Å². The van der Waals surface area contributed by atoms with Gasteiger partial charge in [0.2, 0.25) is 5.90 Å². The number of hydrogen-bond donors (Lipinski definition) is 1. The Labute approximate surface area is 209 Å². The Morgan fingerprint density at radius 2 is 1.89 bits per heavy atom. The molecule has 0 spiro atoms. The molecule has 1 fully saturated rings. The molecule has 2 aliphatic rings. The Hall–Kier alpha value is -3.28. The first-order chi connectivity index (χ1) is 16.8. The van der Waals surface area contributed by atoms with Gasteiger partial charge in [-0.05, 0) is 54.7 Å². The molecule has 0 atom stereocenters. The predicted octanol–water partition coefficient (Wildman–Crippen LogP) is 6.64. The lowest BCUT2D eigenvalue weighted by Crippen LogP contribution is -2.23. The quantitative estimate of drug-likeness (QED) is 0.360. The van der Waals surface area contributed by atoms with Gasteiger partial charge in [0.05, 0.1) is 20.8 Å². The van der Waals surface area contributed by atoms with Crippen LogP contribution in [-0.2, 0) is 10.2 Å². The van der Waals surface area contributed by atoms with Gasteiger partial charge in [-0.25, -0.2) is 0 Å². The number of rotatable bonds is 7. The van der Waals surface area contributed by atoms with Crippen molar-refractivity contribution in [2.45, 2.75) is 51.4 Å². The Morgan fingerprint density at radius 3 is 2.60 bits per heavy atom. The number of methoxy groups -OCH3 is 2. The van der Waals surface area contributed by atoms with E-state index >= 15 is 0 Å². The lowest BCUT2D eigenvalue weighted by molar-refractivity contribution is 0.208. The van der Waals surface area contributed by atoms with Crippen molar-refractivity contribution in [2.75, 3.05) is 32.8 Å². The molecule has 6 heteroatoms. The topological polar surface area (TPSA) is 67.1 Å². The molecule has 186 valence electrons. The van der Waals surface area contributed by atoms with Crippen molar-refractivity contribution in [3.05, 3.63) is 59.3 Å². The van der Waals surface area contributed by atoms with Crippen LogP contribution in [0.1, 0.15) is 57.1 Å². The number of anilines is 1. The zero-order valence-electron chi connectivity index (χ0n) is 21.6. The Balaban J connectivity index is 1.50. The number of nitrogens with zero attached hydrogens (tertiary/aromatic N) is 2. The highest BCUT2D eigenvalue weighted by Crippen LogP contribution is 2.47. The molecule has 2 aromatic carbocycles. The third-order valence-corrected chi connectivity index (χ3v) is 7.31. The first-order valence-electron chi connectivity index (χ1n) is 12.4. The summed E-state index contributed by atoms with van der Waals surface area (Å²) >= 11 is 0. The molecule has 0 amide bonds. The highest BCUT2D eigenvalue weighted by molar-refractivity contribution is 5.94. The zero-order chi connectivity index (χ0) is 25.0. The average Bonchev–Trinajstić information content (AvgIpc) is 3.07. The van der Waals surface area contributed by atoms with Crippen molar-refractivity contribution < 1.29 is 14.2 Å². The van der Waals surface area contributed by atoms with Gasteiger partial charge in [0, 0.05) is 41.7 Å². The summed E-state index contributed by atoms with van der Waals surface area (Å²) < 4.78 is 16.8. The molecule has 1 heterocycles. The van der Waals surface area contributed by atoms with E-state index in [1.807, 2.05) is 49.7 Å². The monoisotopic (exact) mass is 475 g/mol. The summed E-state index contributed by atoms with van der Waals surface area (Å²) in [4.78, 5) is 6.85. The van der Waals surface area contributed by atoms with E-state index in [0.717, 1.165) is 35.0 Å². The fourth-order valence-corrected chi connectivity index (χ4v) is 5.21. The zero-order valence-corrected chi connectivity index (χ0v) is 21.6. The molecule has 1 aliphatic heterocycles. The second kappa shape index (κ2) is 10.5. The maximum atomic E-state index is 8.00. The largest absolute Gasteiger partial charge is 0.494 e. The number of fused-ring (bicyclic) bond motifs is 1. The molecule has 6 nitrogen and oxygen atoms in total. The first-order valence-corrected chi connectivity index (χ1v) is 12.4. The Kier molecular flexibility index (Phi) is 7.48. The van der Waals surface area contributed by atoms with E-state index in [9.17, 15) is 0 Å². The van der Waals surface area contributed by atoms with Crippen LogP contribution in [0, 0.1) is 11.3 Å². The minimum absolute atomic E-state index is 0.163. The molecule has 0 saturated heterocycles. The second-order valence-corrected chi connectivity index (χ2v) is 9.93. The van der Waals surface area contributed by atoms with Gasteiger partial charge in [-0.3, -0.25) is 10.4 Å². The number of ether oxygens (including phenoxy) is 3. The summed E-state index contributed by atoms with van der Waals surface area (Å²) in [6.45, 7) is 5.18. The third-order valence-electron chi connectivity index (χ3n) is 7.31. The van der Waals surface area contributed by atoms with Crippen LogP contribution >= 0.6 is 0 Å². The minimum Gasteiger partial charge on any atom is -0.494 e. The molecule has 2 aromatic rings. The number of nitrogens with one attached hydrogen (secondary N) is 1. The van der Waals surface area contributed by atoms with Crippen LogP contribution in [0.3, 0.4) is 0 Å². The van der Waals surface area contributed by atoms with Crippen molar-refractivity contribution in [1.29, 1.82) is 5.41 Å². The molecule has 0 radical (unpaired) electrons. The minimum atomic E-state index is -0.190. The van der Waals surface area contributed by atoms with Crippen molar-refractivity contribution in [1.82, 2.24) is 0 Å². The van der Waals surface area contributed by atoms with Crippen molar-refractivity contribution in [3.63, 3.8) is 0 Å². The molecule has 0 bridgehead atoms. The second-order valence-electron chi connectivity index (χ2n) is 9.93. The van der Waals surface area contributed by atoms with Crippen molar-refractivity contribution in [2.24, 2.45) is 10.9 Å². The summed E-state index contributed by atoms with van der Waals surface area (Å²) in [5.41, 5.74) is 4.75. The summed E-state index contributed by atoms with van der Waals surface area (Å²) in [5.74, 6) is 2.35. The SMILES string of the molecule is COC(=N)c1ccc2c(c1)N(C)C(=CC=Nc1ccc(OCC3CCCCC3)cc1OC)C2(C)C. The number of likely N-dealkylation sites (N-methyl/N-ethyl adjacent to an activating group) is 1. The molecule has 1 aliphatic carbocycles. The van der Waals surface area contributed by atoms with E-state index in [0.29, 0.717) is 11.7 Å². The van der Waals surface area contributed by atoms with Crippen LogP contribution in [0.4, 0.5) is 11.4 Å². The fourth-order valence-electron chi connectivity index (χ4n) is 5.21. The Bertz CT molecular complexity index is 1130. The Morgan fingerprint density at radius 1 is 1.11 bits per heavy atom. The van der Waals surface area contributed by atoms with Crippen molar-refractivity contribution >= 4 is 23.5 Å². The van der Waals surface area contributed by atoms with E-state index in [1.165, 1.54) is 44.8 Å². The number of aliphatic imine (C=N–C) groups is 1. The fraction of sp³-hybridized carbons (Fsp3) is 0.448. The van der Waals surface area contributed by atoms with Gasteiger partial charge in [-0.1, -0.05) is 39.2 Å². The van der Waals surface area contributed by atoms with Crippen LogP contribution < -0.4 is 14.4 Å². The van der Waals surface area contributed by atoms with E-state index in [-0.39, 0.29) is 11.3 Å². The molecule has 0 unspecified atom stereocenters. The molecular weight excluding hydrogens is 438 g/mol. The highest BCUT2D eigenvalue weighted by atomic mass is 16.5. The van der Waals surface area contributed by atoms with Gasteiger partial charge in [0.15, 0.2) is 0 Å². The predicted molar refractivity (Wildman–Crippen MR) is 143 cm³/mol. The summed E-state index contributed by atoms with van der Waals surface area (Å²) in [5, 5.41) is 8.00. The standard InChI is InChI=1S/C29H37N3O3/c1-29(2)23-13-11-21(28(30)34-5)17-25(23)32(3)27(29)15-16-31-24-14-12-22(18-26(24)33-4)35-19-20-9-7-6-8-10-20/h11-18,20,30H,6-10,19H2,1-5H3.